The van der Waals surface area contributed by atoms with Gasteiger partial charge in [-0.25, -0.2) is 15.0 Å². The summed E-state index contributed by atoms with van der Waals surface area (Å²) in [6.45, 7) is 0. The molecular formula is C53H31N3O. The molecule has 1 aliphatic carbocycles. The van der Waals surface area contributed by atoms with Crippen molar-refractivity contribution < 1.29 is 4.42 Å². The quantitative estimate of drug-likeness (QED) is 0.177. The standard InChI is InChI=1S/C53H31N3O/c1-2-13-34(14-3-1)38-16-6-9-20-43(38)52-54-51(35-25-22-33(23-26-35)37-27-24-32-12-4-5-15-36(32)30-37)55-53(56-52)44-29-28-42-39-17-7-8-19-41(39)49-48(42)45(44)31-46-40-18-10-11-21-47(40)57-50(46)49/h1-31H. The molecule has 0 unspecified atom stereocenters. The van der Waals surface area contributed by atoms with E-state index in [4.69, 9.17) is 19.4 Å². The third kappa shape index (κ3) is 4.98. The minimum atomic E-state index is 0.619. The van der Waals surface area contributed by atoms with Crippen molar-refractivity contribution in [2.75, 3.05) is 0 Å². The summed E-state index contributed by atoms with van der Waals surface area (Å²) in [6.07, 6.45) is 0. The molecule has 57 heavy (non-hydrogen) atoms. The van der Waals surface area contributed by atoms with Crippen molar-refractivity contribution in [2.45, 2.75) is 0 Å². The van der Waals surface area contributed by atoms with Crippen LogP contribution in [0.2, 0.25) is 0 Å². The Morgan fingerprint density at radius 3 is 1.77 bits per heavy atom. The minimum absolute atomic E-state index is 0.619. The highest BCUT2D eigenvalue weighted by Gasteiger charge is 2.28. The Labute approximate surface area is 328 Å². The van der Waals surface area contributed by atoms with Crippen LogP contribution in [0.15, 0.2) is 192 Å². The average Bonchev–Trinajstić information content (AvgIpc) is 3.83. The summed E-state index contributed by atoms with van der Waals surface area (Å²) in [5.74, 6) is 1.86. The van der Waals surface area contributed by atoms with Crippen LogP contribution >= 0.6 is 0 Å². The highest BCUT2D eigenvalue weighted by molar-refractivity contribution is 6.28. The minimum Gasteiger partial charge on any atom is -0.455 e. The largest absolute Gasteiger partial charge is 0.455 e. The fraction of sp³-hybridized carbons (Fsp3) is 0. The number of hydrogen-bond acceptors (Lipinski definition) is 4. The van der Waals surface area contributed by atoms with E-state index in [0.717, 1.165) is 71.7 Å². The molecule has 0 saturated carbocycles. The fourth-order valence-corrected chi connectivity index (χ4v) is 8.78. The summed E-state index contributed by atoms with van der Waals surface area (Å²) in [4.78, 5) is 15.9. The van der Waals surface area contributed by atoms with E-state index < -0.39 is 0 Å². The third-order valence-electron chi connectivity index (χ3n) is 11.5. The van der Waals surface area contributed by atoms with Gasteiger partial charge in [-0.1, -0.05) is 164 Å². The number of para-hydroxylation sites is 1. The van der Waals surface area contributed by atoms with E-state index >= 15 is 0 Å². The van der Waals surface area contributed by atoms with Crippen LogP contribution in [0.5, 0.6) is 0 Å². The van der Waals surface area contributed by atoms with Gasteiger partial charge >= 0.3 is 0 Å². The van der Waals surface area contributed by atoms with Crippen molar-refractivity contribution in [3.8, 4) is 78.7 Å². The van der Waals surface area contributed by atoms with Crippen LogP contribution in [-0.2, 0) is 0 Å². The molecule has 4 nitrogen and oxygen atoms in total. The Morgan fingerprint density at radius 1 is 0.316 bits per heavy atom. The number of rotatable bonds is 5. The second kappa shape index (κ2) is 12.4. The first-order valence-electron chi connectivity index (χ1n) is 19.3. The zero-order chi connectivity index (χ0) is 37.5. The van der Waals surface area contributed by atoms with Crippen molar-refractivity contribution in [1.29, 1.82) is 0 Å². The Morgan fingerprint density at radius 2 is 0.930 bits per heavy atom. The molecule has 9 aromatic carbocycles. The van der Waals surface area contributed by atoms with E-state index in [-0.39, 0.29) is 0 Å². The van der Waals surface area contributed by atoms with Gasteiger partial charge in [-0.15, -0.1) is 0 Å². The van der Waals surface area contributed by atoms with Crippen molar-refractivity contribution in [2.24, 2.45) is 0 Å². The second-order valence-corrected chi connectivity index (χ2v) is 14.7. The fourth-order valence-electron chi connectivity index (χ4n) is 8.78. The van der Waals surface area contributed by atoms with E-state index in [1.165, 1.54) is 33.0 Å². The van der Waals surface area contributed by atoms with Crippen LogP contribution in [0, 0.1) is 0 Å². The van der Waals surface area contributed by atoms with Crippen molar-refractivity contribution >= 4 is 43.5 Å². The van der Waals surface area contributed by atoms with Gasteiger partial charge in [0, 0.05) is 38.4 Å². The van der Waals surface area contributed by atoms with Gasteiger partial charge in [0.15, 0.2) is 17.5 Å². The lowest BCUT2D eigenvalue weighted by atomic mass is 9.95. The summed E-state index contributed by atoms with van der Waals surface area (Å²) in [6, 6.07) is 66.1. The van der Waals surface area contributed by atoms with E-state index in [2.05, 4.69) is 176 Å². The summed E-state index contributed by atoms with van der Waals surface area (Å²) >= 11 is 0. The Bertz CT molecular complexity index is 3400. The van der Waals surface area contributed by atoms with E-state index in [0.29, 0.717) is 17.5 Å². The molecule has 11 aromatic rings. The molecule has 0 aliphatic heterocycles. The molecule has 264 valence electrons. The first-order chi connectivity index (χ1) is 28.2. The van der Waals surface area contributed by atoms with Gasteiger partial charge in [0.25, 0.3) is 0 Å². The lowest BCUT2D eigenvalue weighted by Crippen LogP contribution is -2.01. The first kappa shape index (κ1) is 31.6. The predicted octanol–water partition coefficient (Wildman–Crippen LogP) is 14.1. The predicted molar refractivity (Wildman–Crippen MR) is 234 cm³/mol. The number of nitrogens with zero attached hydrogens (tertiary/aromatic N) is 3. The Balaban J connectivity index is 1.10. The lowest BCUT2D eigenvalue weighted by molar-refractivity contribution is 0.670. The highest BCUT2D eigenvalue weighted by Crippen LogP contribution is 2.53. The van der Waals surface area contributed by atoms with Crippen LogP contribution in [0.25, 0.3) is 122 Å². The van der Waals surface area contributed by atoms with Crippen LogP contribution in [-0.4, -0.2) is 15.0 Å². The van der Waals surface area contributed by atoms with Crippen LogP contribution in [0.1, 0.15) is 0 Å². The van der Waals surface area contributed by atoms with E-state index in [9.17, 15) is 0 Å². The molecule has 0 amide bonds. The second-order valence-electron chi connectivity index (χ2n) is 14.7. The molecule has 0 saturated heterocycles. The molecule has 0 radical (unpaired) electrons. The van der Waals surface area contributed by atoms with Crippen LogP contribution in [0.3, 0.4) is 0 Å². The monoisotopic (exact) mass is 725 g/mol. The maximum absolute atomic E-state index is 6.65. The van der Waals surface area contributed by atoms with Gasteiger partial charge in [0.2, 0.25) is 0 Å². The summed E-state index contributed by atoms with van der Waals surface area (Å²) in [5.41, 5.74) is 13.8. The molecule has 2 aromatic heterocycles. The van der Waals surface area contributed by atoms with Gasteiger partial charge in [0.05, 0.1) is 0 Å². The summed E-state index contributed by atoms with van der Waals surface area (Å²) < 4.78 is 6.65. The van der Waals surface area contributed by atoms with Crippen molar-refractivity contribution in [1.82, 2.24) is 15.0 Å². The summed E-state index contributed by atoms with van der Waals surface area (Å²) in [7, 11) is 0. The van der Waals surface area contributed by atoms with Crippen molar-refractivity contribution in [3.63, 3.8) is 0 Å². The normalized spacial score (nSPS) is 11.9. The van der Waals surface area contributed by atoms with Gasteiger partial charge in [-0.2, -0.15) is 0 Å². The molecule has 0 bridgehead atoms. The van der Waals surface area contributed by atoms with Gasteiger partial charge in [-0.05, 0) is 79.4 Å². The third-order valence-corrected chi connectivity index (χ3v) is 11.5. The smallest absolute Gasteiger partial charge is 0.164 e. The Hall–Kier alpha value is -7.69. The maximum atomic E-state index is 6.65. The molecule has 1 aliphatic rings. The van der Waals surface area contributed by atoms with Gasteiger partial charge in [-0.3, -0.25) is 0 Å². The first-order valence-corrected chi connectivity index (χ1v) is 19.3. The molecular weight excluding hydrogens is 695 g/mol. The number of benzene rings is 9. The SMILES string of the molecule is c1ccc(-c2ccccc2-c2nc(-c3ccc(-c4ccc5ccccc5c4)cc3)nc(-c3ccc4c5c(c6oc7ccccc7c6cc35)-c3ccccc3-4)n2)cc1. The molecule has 12 rings (SSSR count). The van der Waals surface area contributed by atoms with Gasteiger partial charge in [0.1, 0.15) is 11.2 Å². The van der Waals surface area contributed by atoms with E-state index in [1.54, 1.807) is 0 Å². The average molecular weight is 726 g/mol. The molecule has 0 fully saturated rings. The highest BCUT2D eigenvalue weighted by atomic mass is 16.3. The molecule has 0 N–H and O–H groups in total. The summed E-state index contributed by atoms with van der Waals surface area (Å²) in [5, 5.41) is 6.87. The molecule has 4 heteroatoms. The zero-order valence-electron chi connectivity index (χ0n) is 30.6. The molecule has 0 spiro atoms. The number of hydrogen-bond donors (Lipinski definition) is 0. The number of fused-ring (bicyclic) bond motifs is 8. The van der Waals surface area contributed by atoms with E-state index in [1.807, 2.05) is 12.1 Å². The van der Waals surface area contributed by atoms with Crippen LogP contribution in [0.4, 0.5) is 0 Å². The number of furan rings is 1. The number of aromatic nitrogens is 3. The maximum Gasteiger partial charge on any atom is 0.164 e. The van der Waals surface area contributed by atoms with Crippen LogP contribution < -0.4 is 0 Å². The molecule has 0 atom stereocenters. The van der Waals surface area contributed by atoms with Gasteiger partial charge < -0.3 is 4.42 Å². The zero-order valence-corrected chi connectivity index (χ0v) is 30.6. The lowest BCUT2D eigenvalue weighted by Gasteiger charge is -2.14. The Kier molecular flexibility index (Phi) is 6.89. The molecule has 2 heterocycles. The van der Waals surface area contributed by atoms with Crippen molar-refractivity contribution in [3.05, 3.63) is 188 Å². The topological polar surface area (TPSA) is 51.8 Å².